The first-order chi connectivity index (χ1) is 11.3. The maximum atomic E-state index is 12.1. The van der Waals surface area contributed by atoms with E-state index >= 15 is 0 Å². The van der Waals surface area contributed by atoms with Gasteiger partial charge in [-0.1, -0.05) is 6.92 Å². The first kappa shape index (κ1) is 16.1. The van der Waals surface area contributed by atoms with Crippen LogP contribution in [0.5, 0.6) is 0 Å². The number of nitrogens with one attached hydrogen (secondary N) is 2. The molecule has 0 radical (unpaired) electrons. The van der Waals surface area contributed by atoms with Crippen molar-refractivity contribution in [2.75, 3.05) is 38.0 Å². The number of hydrogen-bond acceptors (Lipinski definition) is 6. The Labute approximate surface area is 140 Å². The summed E-state index contributed by atoms with van der Waals surface area (Å²) in [5, 5.41) is 7.70. The summed E-state index contributed by atoms with van der Waals surface area (Å²) in [7, 11) is 0. The predicted octanol–water partition coefficient (Wildman–Crippen LogP) is 1.88. The number of thiophene rings is 1. The molecule has 1 saturated heterocycles. The van der Waals surface area contributed by atoms with Crippen molar-refractivity contribution in [1.29, 1.82) is 0 Å². The second kappa shape index (κ2) is 7.70. The molecule has 0 aliphatic carbocycles. The Balaban J connectivity index is 1.50. The van der Waals surface area contributed by atoms with Crippen molar-refractivity contribution in [3.63, 3.8) is 0 Å². The standard InChI is InChI=1S/C16H23N5OS/c1-2-12-10-13-15(19-11-20-16(13)23-12)18-5-3-4-14(22)21-8-6-17-7-9-21/h10-11,17H,2-9H2,1H3,(H,18,19,20). The highest BCUT2D eigenvalue weighted by Gasteiger charge is 2.15. The van der Waals surface area contributed by atoms with E-state index in [0.29, 0.717) is 6.42 Å². The number of amides is 1. The van der Waals surface area contributed by atoms with E-state index in [2.05, 4.69) is 33.6 Å². The molecule has 1 fully saturated rings. The van der Waals surface area contributed by atoms with Gasteiger partial charge in [0, 0.05) is 44.0 Å². The van der Waals surface area contributed by atoms with E-state index in [1.54, 1.807) is 17.7 Å². The molecule has 23 heavy (non-hydrogen) atoms. The van der Waals surface area contributed by atoms with E-state index in [0.717, 1.165) is 61.6 Å². The summed E-state index contributed by atoms with van der Waals surface area (Å²) < 4.78 is 0. The van der Waals surface area contributed by atoms with Gasteiger partial charge in [0.05, 0.1) is 5.39 Å². The molecular weight excluding hydrogens is 310 g/mol. The monoisotopic (exact) mass is 333 g/mol. The summed E-state index contributed by atoms with van der Waals surface area (Å²) in [4.78, 5) is 25.1. The van der Waals surface area contributed by atoms with Gasteiger partial charge in [-0.05, 0) is 18.9 Å². The van der Waals surface area contributed by atoms with Crippen LogP contribution >= 0.6 is 11.3 Å². The van der Waals surface area contributed by atoms with Gasteiger partial charge in [0.15, 0.2) is 0 Å². The van der Waals surface area contributed by atoms with Gasteiger partial charge < -0.3 is 15.5 Å². The molecule has 0 spiro atoms. The third-order valence-electron chi connectivity index (χ3n) is 4.06. The number of aromatic nitrogens is 2. The van der Waals surface area contributed by atoms with Crippen molar-refractivity contribution in [3.05, 3.63) is 17.3 Å². The second-order valence-corrected chi connectivity index (χ2v) is 6.78. The highest BCUT2D eigenvalue weighted by atomic mass is 32.1. The van der Waals surface area contributed by atoms with Gasteiger partial charge >= 0.3 is 0 Å². The fourth-order valence-electron chi connectivity index (χ4n) is 2.74. The lowest BCUT2D eigenvalue weighted by Gasteiger charge is -2.27. The van der Waals surface area contributed by atoms with E-state index < -0.39 is 0 Å². The van der Waals surface area contributed by atoms with Crippen LogP contribution in [0.2, 0.25) is 0 Å². The Morgan fingerprint density at radius 3 is 3.00 bits per heavy atom. The molecule has 0 atom stereocenters. The molecule has 2 aromatic heterocycles. The Bertz CT molecular complexity index is 666. The number of fused-ring (bicyclic) bond motifs is 1. The van der Waals surface area contributed by atoms with Crippen molar-refractivity contribution in [2.45, 2.75) is 26.2 Å². The zero-order valence-corrected chi connectivity index (χ0v) is 14.3. The van der Waals surface area contributed by atoms with E-state index in [4.69, 9.17) is 0 Å². The number of rotatable bonds is 6. The first-order valence-electron chi connectivity index (χ1n) is 8.23. The lowest BCUT2D eigenvalue weighted by molar-refractivity contribution is -0.131. The summed E-state index contributed by atoms with van der Waals surface area (Å²) in [5.74, 6) is 1.13. The smallest absolute Gasteiger partial charge is 0.222 e. The molecule has 7 heteroatoms. The summed E-state index contributed by atoms with van der Waals surface area (Å²) in [6, 6.07) is 2.16. The number of piperazine rings is 1. The van der Waals surface area contributed by atoms with Crippen LogP contribution < -0.4 is 10.6 Å². The number of anilines is 1. The lowest BCUT2D eigenvalue weighted by atomic mass is 10.2. The molecule has 0 unspecified atom stereocenters. The minimum Gasteiger partial charge on any atom is -0.369 e. The molecular formula is C16H23N5OS. The quantitative estimate of drug-likeness (QED) is 0.790. The fourth-order valence-corrected chi connectivity index (χ4v) is 3.67. The molecule has 1 amide bonds. The maximum absolute atomic E-state index is 12.1. The van der Waals surface area contributed by atoms with E-state index in [-0.39, 0.29) is 5.91 Å². The van der Waals surface area contributed by atoms with Crippen LogP contribution in [0.4, 0.5) is 5.82 Å². The lowest BCUT2D eigenvalue weighted by Crippen LogP contribution is -2.46. The molecule has 3 rings (SSSR count). The Kier molecular flexibility index (Phi) is 5.40. The van der Waals surface area contributed by atoms with E-state index in [9.17, 15) is 4.79 Å². The van der Waals surface area contributed by atoms with Crippen molar-refractivity contribution < 1.29 is 4.79 Å². The van der Waals surface area contributed by atoms with Gasteiger partial charge in [0.1, 0.15) is 17.0 Å². The molecule has 0 bridgehead atoms. The zero-order chi connectivity index (χ0) is 16.1. The number of aryl methyl sites for hydroxylation is 1. The average molecular weight is 333 g/mol. The van der Waals surface area contributed by atoms with Crippen LogP contribution in [0.1, 0.15) is 24.6 Å². The molecule has 0 saturated carbocycles. The highest BCUT2D eigenvalue weighted by molar-refractivity contribution is 7.18. The first-order valence-corrected chi connectivity index (χ1v) is 9.05. The highest BCUT2D eigenvalue weighted by Crippen LogP contribution is 2.28. The summed E-state index contributed by atoms with van der Waals surface area (Å²) in [6.07, 6.45) is 4.02. The molecule has 1 aliphatic rings. The summed E-state index contributed by atoms with van der Waals surface area (Å²) in [5.41, 5.74) is 0. The van der Waals surface area contributed by atoms with Gasteiger partial charge in [-0.2, -0.15) is 0 Å². The maximum Gasteiger partial charge on any atom is 0.222 e. The van der Waals surface area contributed by atoms with Crippen molar-refractivity contribution in [1.82, 2.24) is 20.2 Å². The van der Waals surface area contributed by atoms with Crippen molar-refractivity contribution in [2.24, 2.45) is 0 Å². The fraction of sp³-hybridized carbons (Fsp3) is 0.562. The van der Waals surface area contributed by atoms with Crippen LogP contribution in [0, 0.1) is 0 Å². The predicted molar refractivity (Wildman–Crippen MR) is 94.0 cm³/mol. The SMILES string of the molecule is CCc1cc2c(NCCCC(=O)N3CCNCC3)ncnc2s1. The van der Waals surface area contributed by atoms with Gasteiger partial charge in [0.2, 0.25) is 5.91 Å². The van der Waals surface area contributed by atoms with E-state index in [1.165, 1.54) is 4.88 Å². The van der Waals surface area contributed by atoms with Crippen LogP contribution in [-0.4, -0.2) is 53.5 Å². The molecule has 124 valence electrons. The molecule has 2 aromatic rings. The van der Waals surface area contributed by atoms with Crippen LogP contribution in [0.3, 0.4) is 0 Å². The number of carbonyl (C=O) groups excluding carboxylic acids is 1. The minimum absolute atomic E-state index is 0.255. The van der Waals surface area contributed by atoms with E-state index in [1.807, 2.05) is 4.90 Å². The van der Waals surface area contributed by atoms with Crippen molar-refractivity contribution >= 4 is 33.3 Å². The third-order valence-corrected chi connectivity index (χ3v) is 5.25. The van der Waals surface area contributed by atoms with Gasteiger partial charge in [-0.25, -0.2) is 9.97 Å². The number of nitrogens with zero attached hydrogens (tertiary/aromatic N) is 3. The molecule has 1 aliphatic heterocycles. The Morgan fingerprint density at radius 1 is 1.39 bits per heavy atom. The normalized spacial score (nSPS) is 15.1. The molecule has 0 aromatic carbocycles. The van der Waals surface area contributed by atoms with Gasteiger partial charge in [-0.15, -0.1) is 11.3 Å². The third kappa shape index (κ3) is 3.97. The molecule has 3 heterocycles. The van der Waals surface area contributed by atoms with Gasteiger partial charge in [-0.3, -0.25) is 4.79 Å². The average Bonchev–Trinajstić information content (AvgIpc) is 3.03. The van der Waals surface area contributed by atoms with Crippen molar-refractivity contribution in [3.8, 4) is 0 Å². The van der Waals surface area contributed by atoms with Crippen LogP contribution in [-0.2, 0) is 11.2 Å². The topological polar surface area (TPSA) is 70.2 Å². The second-order valence-electron chi connectivity index (χ2n) is 5.67. The van der Waals surface area contributed by atoms with Crippen LogP contribution in [0.25, 0.3) is 10.2 Å². The van der Waals surface area contributed by atoms with Crippen LogP contribution in [0.15, 0.2) is 12.4 Å². The number of hydrogen-bond donors (Lipinski definition) is 2. The zero-order valence-electron chi connectivity index (χ0n) is 13.5. The molecule has 6 nitrogen and oxygen atoms in total. The minimum atomic E-state index is 0.255. The molecule has 2 N–H and O–H groups in total. The Morgan fingerprint density at radius 2 is 2.22 bits per heavy atom. The van der Waals surface area contributed by atoms with Gasteiger partial charge in [0.25, 0.3) is 0 Å². The summed E-state index contributed by atoms with van der Waals surface area (Å²) in [6.45, 7) is 6.36. The largest absolute Gasteiger partial charge is 0.369 e. The Hall–Kier alpha value is -1.73. The summed E-state index contributed by atoms with van der Waals surface area (Å²) >= 11 is 1.72. The number of carbonyl (C=O) groups is 1.